The second-order valence-electron chi connectivity index (χ2n) is 9.86. The Morgan fingerprint density at radius 1 is 1.03 bits per heavy atom. The number of ether oxygens (including phenoxy) is 1. The minimum atomic E-state index is -0.351. The molecule has 2 N–H and O–H groups in total. The number of non-ortho nitro benzene ring substituents is 1. The van der Waals surface area contributed by atoms with Gasteiger partial charge in [-0.3, -0.25) is 10.1 Å². The third-order valence-corrected chi connectivity index (χ3v) is 7.40. The number of methoxy groups -OCH3 is 1. The molecule has 0 spiro atoms. The molecule has 0 amide bonds. The molecule has 1 aliphatic carbocycles. The van der Waals surface area contributed by atoms with Crippen molar-refractivity contribution < 1.29 is 9.66 Å². The second kappa shape index (κ2) is 11.6. The number of rotatable bonds is 8. The number of benzene rings is 2. The highest BCUT2D eigenvalue weighted by Crippen LogP contribution is 2.27. The molecule has 3 aromatic rings. The molecule has 1 aromatic heterocycles. The minimum absolute atomic E-state index is 0.129. The molecule has 9 nitrogen and oxygen atoms in total. The summed E-state index contributed by atoms with van der Waals surface area (Å²) in [7, 11) is 1.67. The van der Waals surface area contributed by atoms with Crippen molar-refractivity contribution in [2.45, 2.75) is 56.7 Å². The van der Waals surface area contributed by atoms with Gasteiger partial charge < -0.3 is 20.3 Å². The summed E-state index contributed by atoms with van der Waals surface area (Å²) in [6, 6.07) is 17.7. The lowest BCUT2D eigenvalue weighted by Crippen LogP contribution is -2.55. The second-order valence-corrected chi connectivity index (χ2v) is 9.86. The molecular formula is C28H34N6O3. The molecule has 1 aliphatic heterocycles. The van der Waals surface area contributed by atoms with Gasteiger partial charge in [0.25, 0.3) is 5.69 Å². The molecule has 194 valence electrons. The van der Waals surface area contributed by atoms with Crippen LogP contribution < -0.4 is 20.3 Å². The van der Waals surface area contributed by atoms with E-state index in [0.29, 0.717) is 18.0 Å². The average Bonchev–Trinajstić information content (AvgIpc) is 2.94. The standard InChI is InChI=1S/C28H34N6O3/c1-37-24-8-4-6-20(18-24)25-15-16-29-28(31-25)32-27-10-3-2-9-26(27)30-21-7-5-17-33(19-21)22-11-13-23(14-12-22)34(35)36/h4,6,8,11-16,18,21,26-27,30H,2-3,5,7,9-10,17,19H2,1H3,(H,29,31,32)/t21-,26+,27+/m0/s1. The van der Waals surface area contributed by atoms with Crippen molar-refractivity contribution in [3.05, 3.63) is 70.9 Å². The first-order valence-corrected chi connectivity index (χ1v) is 13.1. The van der Waals surface area contributed by atoms with E-state index in [1.165, 1.54) is 12.8 Å². The molecule has 0 unspecified atom stereocenters. The Morgan fingerprint density at radius 3 is 2.62 bits per heavy atom. The molecule has 5 rings (SSSR count). The van der Waals surface area contributed by atoms with E-state index >= 15 is 0 Å². The van der Waals surface area contributed by atoms with Crippen LogP contribution in [0.3, 0.4) is 0 Å². The first-order chi connectivity index (χ1) is 18.1. The summed E-state index contributed by atoms with van der Waals surface area (Å²) in [5.41, 5.74) is 3.03. The van der Waals surface area contributed by atoms with Gasteiger partial charge in [0.15, 0.2) is 0 Å². The molecule has 1 saturated carbocycles. The molecule has 1 saturated heterocycles. The van der Waals surface area contributed by atoms with Crippen molar-refractivity contribution >= 4 is 17.3 Å². The van der Waals surface area contributed by atoms with Gasteiger partial charge in [-0.1, -0.05) is 25.0 Å². The van der Waals surface area contributed by atoms with E-state index in [9.17, 15) is 10.1 Å². The molecule has 2 heterocycles. The fourth-order valence-electron chi connectivity index (χ4n) is 5.48. The Balaban J connectivity index is 1.24. The number of nitrogens with one attached hydrogen (secondary N) is 2. The monoisotopic (exact) mass is 502 g/mol. The summed E-state index contributed by atoms with van der Waals surface area (Å²) in [6.07, 6.45) is 8.59. The zero-order chi connectivity index (χ0) is 25.6. The van der Waals surface area contributed by atoms with Crippen LogP contribution in [-0.4, -0.2) is 53.2 Å². The molecule has 2 aromatic carbocycles. The predicted octanol–water partition coefficient (Wildman–Crippen LogP) is 5.04. The van der Waals surface area contributed by atoms with Crippen LogP contribution in [0.2, 0.25) is 0 Å². The van der Waals surface area contributed by atoms with Gasteiger partial charge in [0.2, 0.25) is 5.95 Å². The number of hydrogen-bond acceptors (Lipinski definition) is 8. The smallest absolute Gasteiger partial charge is 0.269 e. The van der Waals surface area contributed by atoms with E-state index in [-0.39, 0.29) is 16.7 Å². The summed E-state index contributed by atoms with van der Waals surface area (Å²) in [5, 5.41) is 18.6. The highest BCUT2D eigenvalue weighted by molar-refractivity contribution is 5.62. The number of aromatic nitrogens is 2. The molecule has 0 bridgehead atoms. The fourth-order valence-corrected chi connectivity index (χ4v) is 5.48. The van der Waals surface area contributed by atoms with Crippen LogP contribution in [0.4, 0.5) is 17.3 Å². The highest BCUT2D eigenvalue weighted by atomic mass is 16.6. The van der Waals surface area contributed by atoms with Crippen molar-refractivity contribution in [3.63, 3.8) is 0 Å². The lowest BCUT2D eigenvalue weighted by molar-refractivity contribution is -0.384. The van der Waals surface area contributed by atoms with Gasteiger partial charge in [0.05, 0.1) is 17.7 Å². The van der Waals surface area contributed by atoms with Crippen LogP contribution in [0.25, 0.3) is 11.3 Å². The third kappa shape index (κ3) is 6.17. The SMILES string of the molecule is COc1cccc(-c2ccnc(N[C@@H]3CCCC[C@H]3N[C@H]3CCCN(c4ccc([N+](=O)[O-])cc4)C3)n2)c1. The number of nitro groups is 1. The molecule has 37 heavy (non-hydrogen) atoms. The summed E-state index contributed by atoms with van der Waals surface area (Å²) in [5.74, 6) is 1.45. The van der Waals surface area contributed by atoms with Crippen LogP contribution in [0, 0.1) is 10.1 Å². The Morgan fingerprint density at radius 2 is 1.84 bits per heavy atom. The zero-order valence-corrected chi connectivity index (χ0v) is 21.2. The fraction of sp³-hybridized carbons (Fsp3) is 0.429. The number of anilines is 2. The number of nitro benzene ring substituents is 1. The highest BCUT2D eigenvalue weighted by Gasteiger charge is 2.30. The molecular weight excluding hydrogens is 468 g/mol. The largest absolute Gasteiger partial charge is 0.497 e. The van der Waals surface area contributed by atoms with Gasteiger partial charge in [-0.05, 0) is 56.0 Å². The van der Waals surface area contributed by atoms with Gasteiger partial charge >= 0.3 is 0 Å². The zero-order valence-electron chi connectivity index (χ0n) is 21.2. The van der Waals surface area contributed by atoms with E-state index in [4.69, 9.17) is 9.72 Å². The maximum Gasteiger partial charge on any atom is 0.269 e. The lowest BCUT2D eigenvalue weighted by Gasteiger charge is -2.40. The summed E-state index contributed by atoms with van der Waals surface area (Å²) < 4.78 is 5.37. The van der Waals surface area contributed by atoms with Crippen molar-refractivity contribution in [1.29, 1.82) is 0 Å². The molecule has 9 heteroatoms. The first-order valence-electron chi connectivity index (χ1n) is 13.1. The van der Waals surface area contributed by atoms with Crippen molar-refractivity contribution in [2.24, 2.45) is 0 Å². The Kier molecular flexibility index (Phi) is 7.79. The van der Waals surface area contributed by atoms with Crippen molar-refractivity contribution in [2.75, 3.05) is 30.4 Å². The van der Waals surface area contributed by atoms with Crippen LogP contribution in [-0.2, 0) is 0 Å². The number of piperidine rings is 1. The van der Waals surface area contributed by atoms with E-state index in [0.717, 1.165) is 61.5 Å². The van der Waals surface area contributed by atoms with Gasteiger partial charge in [-0.2, -0.15) is 0 Å². The molecule has 0 radical (unpaired) electrons. The number of nitrogens with zero attached hydrogens (tertiary/aromatic N) is 4. The van der Waals surface area contributed by atoms with Gasteiger partial charge in [0.1, 0.15) is 5.75 Å². The quantitative estimate of drug-likeness (QED) is 0.326. The first kappa shape index (κ1) is 25.0. The van der Waals surface area contributed by atoms with Crippen LogP contribution in [0.15, 0.2) is 60.8 Å². The van der Waals surface area contributed by atoms with E-state index < -0.39 is 0 Å². The van der Waals surface area contributed by atoms with Gasteiger partial charge in [-0.15, -0.1) is 0 Å². The molecule has 3 atom stereocenters. The summed E-state index contributed by atoms with van der Waals surface area (Å²) >= 11 is 0. The normalized spacial score (nSPS) is 21.9. The third-order valence-electron chi connectivity index (χ3n) is 7.40. The van der Waals surface area contributed by atoms with Gasteiger partial charge in [-0.25, -0.2) is 9.97 Å². The lowest BCUT2D eigenvalue weighted by atomic mass is 9.89. The Labute approximate surface area is 217 Å². The maximum absolute atomic E-state index is 11.0. The Bertz CT molecular complexity index is 1200. The summed E-state index contributed by atoms with van der Waals surface area (Å²) in [4.78, 5) is 22.3. The van der Waals surface area contributed by atoms with E-state index in [1.54, 1.807) is 25.4 Å². The van der Waals surface area contributed by atoms with E-state index in [1.807, 2.05) is 42.5 Å². The Hall–Kier alpha value is -3.72. The van der Waals surface area contributed by atoms with Crippen LogP contribution >= 0.6 is 0 Å². The summed E-state index contributed by atoms with van der Waals surface area (Å²) in [6.45, 7) is 1.86. The topological polar surface area (TPSA) is 105 Å². The van der Waals surface area contributed by atoms with E-state index in [2.05, 4.69) is 20.5 Å². The minimum Gasteiger partial charge on any atom is -0.497 e. The van der Waals surface area contributed by atoms with Crippen molar-refractivity contribution in [3.8, 4) is 17.0 Å². The maximum atomic E-state index is 11.0. The number of hydrogen-bond donors (Lipinski definition) is 2. The molecule has 2 fully saturated rings. The van der Waals surface area contributed by atoms with Crippen LogP contribution in [0.5, 0.6) is 5.75 Å². The molecule has 2 aliphatic rings. The van der Waals surface area contributed by atoms with Crippen LogP contribution in [0.1, 0.15) is 38.5 Å². The van der Waals surface area contributed by atoms with Gasteiger partial charge in [0, 0.05) is 60.8 Å². The predicted molar refractivity (Wildman–Crippen MR) is 145 cm³/mol. The average molecular weight is 503 g/mol. The van der Waals surface area contributed by atoms with Crippen molar-refractivity contribution in [1.82, 2.24) is 15.3 Å².